The van der Waals surface area contributed by atoms with Gasteiger partial charge in [-0.25, -0.2) is 8.42 Å². The van der Waals surface area contributed by atoms with E-state index >= 15 is 0 Å². The molecule has 2 aromatic rings. The number of nitrogens with one attached hydrogen (secondary N) is 1. The molecule has 1 amide bonds. The molecule has 0 saturated carbocycles. The summed E-state index contributed by atoms with van der Waals surface area (Å²) < 4.78 is 32.4. The van der Waals surface area contributed by atoms with Crippen molar-refractivity contribution in [2.45, 2.75) is 18.4 Å². The fourth-order valence-corrected chi connectivity index (χ4v) is 3.67. The van der Waals surface area contributed by atoms with Gasteiger partial charge in [-0.3, -0.25) is 4.79 Å². The predicted octanol–water partition coefficient (Wildman–Crippen LogP) is 2.82. The van der Waals surface area contributed by atoms with Gasteiger partial charge in [0.15, 0.2) is 0 Å². The summed E-state index contributed by atoms with van der Waals surface area (Å²) >= 11 is 0. The van der Waals surface area contributed by atoms with E-state index in [2.05, 4.69) is 11.9 Å². The number of rotatable bonds is 9. The van der Waals surface area contributed by atoms with Gasteiger partial charge in [0.2, 0.25) is 10.0 Å². The molecule has 6 nitrogen and oxygen atoms in total. The highest BCUT2D eigenvalue weighted by Gasteiger charge is 2.22. The van der Waals surface area contributed by atoms with Crippen LogP contribution in [0.5, 0.6) is 5.75 Å². The maximum absolute atomic E-state index is 12.8. The van der Waals surface area contributed by atoms with Gasteiger partial charge in [0.25, 0.3) is 5.91 Å². The van der Waals surface area contributed by atoms with Crippen LogP contribution in [0.4, 0.5) is 0 Å². The molecule has 0 spiro atoms. The van der Waals surface area contributed by atoms with Crippen molar-refractivity contribution in [3.63, 3.8) is 0 Å². The van der Waals surface area contributed by atoms with E-state index in [1.807, 2.05) is 6.92 Å². The highest BCUT2D eigenvalue weighted by molar-refractivity contribution is 7.89. The van der Waals surface area contributed by atoms with Gasteiger partial charge in [0, 0.05) is 31.3 Å². The van der Waals surface area contributed by atoms with Gasteiger partial charge in [-0.15, -0.1) is 6.58 Å². The van der Waals surface area contributed by atoms with Crippen LogP contribution in [0.15, 0.2) is 66.1 Å². The molecular weight excluding hydrogens is 364 g/mol. The van der Waals surface area contributed by atoms with Gasteiger partial charge in [-0.05, 0) is 37.3 Å². The molecule has 0 aliphatic carbocycles. The largest absolute Gasteiger partial charge is 0.494 e. The Hall–Kier alpha value is -2.64. The SMILES string of the molecule is C=CCNC(=O)c1ccc(OCC)c(CN(C)S(=O)(=O)c2ccccc2)c1. The molecule has 0 aliphatic rings. The highest BCUT2D eigenvalue weighted by atomic mass is 32.2. The molecule has 0 saturated heterocycles. The number of sulfonamides is 1. The average Bonchev–Trinajstić information content (AvgIpc) is 2.68. The predicted molar refractivity (Wildman–Crippen MR) is 105 cm³/mol. The number of carbonyl (C=O) groups is 1. The van der Waals surface area contributed by atoms with Crippen LogP contribution >= 0.6 is 0 Å². The summed E-state index contributed by atoms with van der Waals surface area (Å²) in [5.74, 6) is 0.292. The summed E-state index contributed by atoms with van der Waals surface area (Å²) in [5.41, 5.74) is 1.05. The monoisotopic (exact) mass is 388 g/mol. The third kappa shape index (κ3) is 5.18. The quantitative estimate of drug-likeness (QED) is 0.670. The van der Waals surface area contributed by atoms with Gasteiger partial charge in [-0.2, -0.15) is 4.31 Å². The summed E-state index contributed by atoms with van der Waals surface area (Å²) in [4.78, 5) is 12.4. The Kier molecular flexibility index (Phi) is 7.15. The average molecular weight is 388 g/mol. The number of carbonyl (C=O) groups excluding carboxylic acids is 1. The van der Waals surface area contributed by atoms with Gasteiger partial charge in [-0.1, -0.05) is 24.3 Å². The zero-order chi connectivity index (χ0) is 19.9. The fourth-order valence-electron chi connectivity index (χ4n) is 2.50. The molecule has 2 aromatic carbocycles. The molecule has 144 valence electrons. The number of hydrogen-bond donors (Lipinski definition) is 1. The molecule has 0 aliphatic heterocycles. The Morgan fingerprint density at radius 1 is 1.22 bits per heavy atom. The van der Waals surface area contributed by atoms with E-state index in [0.29, 0.717) is 30.0 Å². The second-order valence-corrected chi connectivity index (χ2v) is 7.87. The maximum atomic E-state index is 12.8. The first-order valence-corrected chi connectivity index (χ1v) is 10.00. The smallest absolute Gasteiger partial charge is 0.251 e. The third-order valence-corrected chi connectivity index (χ3v) is 5.69. The van der Waals surface area contributed by atoms with Gasteiger partial charge < -0.3 is 10.1 Å². The van der Waals surface area contributed by atoms with Crippen LogP contribution in [0.25, 0.3) is 0 Å². The molecule has 0 fully saturated rings. The van der Waals surface area contributed by atoms with E-state index in [9.17, 15) is 13.2 Å². The molecule has 0 aromatic heterocycles. The van der Waals surface area contributed by atoms with Crippen molar-refractivity contribution in [1.82, 2.24) is 9.62 Å². The first-order valence-electron chi connectivity index (χ1n) is 8.56. The molecule has 0 heterocycles. The van der Waals surface area contributed by atoms with E-state index in [0.717, 1.165) is 0 Å². The van der Waals surface area contributed by atoms with Gasteiger partial charge in [0.1, 0.15) is 5.75 Å². The second-order valence-electron chi connectivity index (χ2n) is 5.83. The molecule has 0 radical (unpaired) electrons. The van der Waals surface area contributed by atoms with Crippen LogP contribution in [0.3, 0.4) is 0 Å². The zero-order valence-corrected chi connectivity index (χ0v) is 16.3. The van der Waals surface area contributed by atoms with Gasteiger partial charge >= 0.3 is 0 Å². The van der Waals surface area contributed by atoms with Crippen LogP contribution in [-0.4, -0.2) is 38.8 Å². The Morgan fingerprint density at radius 2 is 1.93 bits per heavy atom. The molecule has 0 atom stereocenters. The summed E-state index contributed by atoms with van der Waals surface area (Å²) in [5, 5.41) is 2.71. The lowest BCUT2D eigenvalue weighted by Crippen LogP contribution is -2.27. The van der Waals surface area contributed by atoms with Crippen LogP contribution in [0, 0.1) is 0 Å². The molecule has 1 N–H and O–H groups in total. The topological polar surface area (TPSA) is 75.7 Å². The molecule has 27 heavy (non-hydrogen) atoms. The Morgan fingerprint density at radius 3 is 2.56 bits per heavy atom. The summed E-state index contributed by atoms with van der Waals surface area (Å²) in [6, 6.07) is 13.2. The van der Waals surface area contributed by atoms with Crippen LogP contribution in [-0.2, 0) is 16.6 Å². The van der Waals surface area contributed by atoms with Crippen molar-refractivity contribution in [1.29, 1.82) is 0 Å². The Bertz CT molecular complexity index is 895. The van der Waals surface area contributed by atoms with Crippen molar-refractivity contribution in [3.05, 3.63) is 72.3 Å². The highest BCUT2D eigenvalue weighted by Crippen LogP contribution is 2.24. The number of ether oxygens (including phenoxy) is 1. The Labute approximate surface area is 160 Å². The first-order chi connectivity index (χ1) is 12.9. The number of benzene rings is 2. The maximum Gasteiger partial charge on any atom is 0.251 e. The van der Waals surface area contributed by atoms with Crippen molar-refractivity contribution >= 4 is 15.9 Å². The minimum atomic E-state index is -3.65. The Balaban J connectivity index is 2.32. The fraction of sp³-hybridized carbons (Fsp3) is 0.250. The second kappa shape index (κ2) is 9.34. The van der Waals surface area contributed by atoms with Crippen molar-refractivity contribution in [2.75, 3.05) is 20.2 Å². The molecule has 7 heteroatoms. The van der Waals surface area contributed by atoms with E-state index in [1.54, 1.807) is 54.6 Å². The number of hydrogen-bond acceptors (Lipinski definition) is 4. The minimum absolute atomic E-state index is 0.0785. The standard InChI is InChI=1S/C20H24N2O4S/c1-4-13-21-20(23)16-11-12-19(26-5-2)17(14-16)15-22(3)27(24,25)18-9-7-6-8-10-18/h4,6-12,14H,1,5,13,15H2,2-3H3,(H,21,23). The molecule has 2 rings (SSSR count). The van der Waals surface area contributed by atoms with Crippen molar-refractivity contribution in [3.8, 4) is 5.75 Å². The third-order valence-electron chi connectivity index (χ3n) is 3.87. The lowest BCUT2D eigenvalue weighted by molar-refractivity contribution is 0.0958. The molecular formula is C20H24N2O4S. The van der Waals surface area contributed by atoms with E-state index in [-0.39, 0.29) is 17.3 Å². The van der Waals surface area contributed by atoms with Crippen LogP contribution in [0.1, 0.15) is 22.8 Å². The minimum Gasteiger partial charge on any atom is -0.494 e. The first kappa shape index (κ1) is 20.7. The lowest BCUT2D eigenvalue weighted by Gasteiger charge is -2.20. The summed E-state index contributed by atoms with van der Waals surface area (Å²) in [6.45, 7) is 6.28. The number of amides is 1. The molecule has 0 unspecified atom stereocenters. The van der Waals surface area contributed by atoms with Crippen LogP contribution < -0.4 is 10.1 Å². The van der Waals surface area contributed by atoms with E-state index in [1.165, 1.54) is 11.4 Å². The van der Waals surface area contributed by atoms with Gasteiger partial charge in [0.05, 0.1) is 11.5 Å². The van der Waals surface area contributed by atoms with Crippen molar-refractivity contribution < 1.29 is 17.9 Å². The normalized spacial score (nSPS) is 11.2. The van der Waals surface area contributed by atoms with E-state index in [4.69, 9.17) is 4.74 Å². The van der Waals surface area contributed by atoms with Crippen LogP contribution in [0.2, 0.25) is 0 Å². The van der Waals surface area contributed by atoms with Crippen molar-refractivity contribution in [2.24, 2.45) is 0 Å². The lowest BCUT2D eigenvalue weighted by atomic mass is 10.1. The summed E-state index contributed by atoms with van der Waals surface area (Å²) in [6.07, 6.45) is 1.59. The zero-order valence-electron chi connectivity index (χ0n) is 15.5. The number of nitrogens with zero attached hydrogens (tertiary/aromatic N) is 1. The van der Waals surface area contributed by atoms with E-state index < -0.39 is 10.0 Å². The molecule has 0 bridgehead atoms. The summed E-state index contributed by atoms with van der Waals surface area (Å²) in [7, 11) is -2.15.